The third-order valence-corrected chi connectivity index (χ3v) is 9.38. The summed E-state index contributed by atoms with van der Waals surface area (Å²) in [6.45, 7) is 6.44. The summed E-state index contributed by atoms with van der Waals surface area (Å²) in [5, 5.41) is 0.192. The molecule has 2 aliphatic heterocycles. The molecule has 1 amide bonds. The predicted molar refractivity (Wildman–Crippen MR) is 150 cm³/mol. The van der Waals surface area contributed by atoms with Gasteiger partial charge in [-0.05, 0) is 94.2 Å². The fraction of sp³-hybridized carbons (Fsp3) is 0.621. The molecular weight excluding hydrogens is 577 g/mol. The Morgan fingerprint density at radius 3 is 2.37 bits per heavy atom. The van der Waals surface area contributed by atoms with Crippen LogP contribution in [-0.2, 0) is 33.7 Å². The van der Waals surface area contributed by atoms with E-state index in [9.17, 15) is 4.79 Å². The first-order valence-electron chi connectivity index (χ1n) is 14.0. The lowest BCUT2D eigenvalue weighted by atomic mass is 9.66. The average Bonchev–Trinajstić information content (AvgIpc) is 3.40. The van der Waals surface area contributed by atoms with Crippen LogP contribution in [-0.4, -0.2) is 65.6 Å². The Morgan fingerprint density at radius 2 is 1.73 bits per heavy atom. The van der Waals surface area contributed by atoms with Crippen molar-refractivity contribution >= 4 is 35.1 Å². The highest BCUT2D eigenvalue weighted by Gasteiger charge is 2.63. The van der Waals surface area contributed by atoms with Gasteiger partial charge in [-0.2, -0.15) is 8.78 Å². The van der Waals surface area contributed by atoms with Gasteiger partial charge in [-0.3, -0.25) is 4.90 Å². The van der Waals surface area contributed by atoms with Crippen LogP contribution in [0.3, 0.4) is 0 Å². The molecular formula is C29H34Cl2F2N4O4. The lowest BCUT2D eigenvalue weighted by Gasteiger charge is -2.45. The maximum atomic E-state index is 16.8. The summed E-state index contributed by atoms with van der Waals surface area (Å²) in [4.78, 5) is 25.4. The van der Waals surface area contributed by atoms with Crippen molar-refractivity contribution in [1.29, 1.82) is 0 Å². The Morgan fingerprint density at radius 1 is 1.07 bits per heavy atom. The van der Waals surface area contributed by atoms with Crippen LogP contribution in [0.25, 0.3) is 0 Å². The Labute approximate surface area is 248 Å². The van der Waals surface area contributed by atoms with Gasteiger partial charge in [0.05, 0.1) is 17.5 Å². The van der Waals surface area contributed by atoms with Gasteiger partial charge in [0, 0.05) is 30.8 Å². The number of aromatic nitrogens is 2. The number of hydrogen-bond donors (Lipinski definition) is 0. The van der Waals surface area contributed by atoms with E-state index >= 15 is 8.78 Å². The van der Waals surface area contributed by atoms with E-state index in [1.807, 2.05) is 30.6 Å². The maximum Gasteiger partial charge on any atom is 0.410 e. The van der Waals surface area contributed by atoms with Gasteiger partial charge in [-0.25, -0.2) is 14.8 Å². The Kier molecular flexibility index (Phi) is 7.06. The first-order valence-corrected chi connectivity index (χ1v) is 14.8. The number of carbonyl (C=O) groups excluding carboxylic acids is 1. The van der Waals surface area contributed by atoms with E-state index < -0.39 is 16.9 Å². The fourth-order valence-corrected chi connectivity index (χ4v) is 7.64. The third-order valence-electron chi connectivity index (χ3n) is 8.87. The molecule has 2 bridgehead atoms. The Bertz CT molecular complexity index is 1370. The molecule has 2 fully saturated rings. The number of alkyl halides is 2. The maximum absolute atomic E-state index is 16.8. The van der Waals surface area contributed by atoms with Crippen LogP contribution in [0.4, 0.5) is 19.4 Å². The molecule has 0 saturated carbocycles. The summed E-state index contributed by atoms with van der Waals surface area (Å²) < 4.78 is 49.9. The monoisotopic (exact) mass is 610 g/mol. The molecule has 222 valence electrons. The number of amides is 1. The van der Waals surface area contributed by atoms with Crippen LogP contribution in [0, 0.1) is 0 Å². The number of benzene rings is 1. The molecule has 3 unspecified atom stereocenters. The van der Waals surface area contributed by atoms with E-state index in [4.69, 9.17) is 37.4 Å². The zero-order chi connectivity index (χ0) is 29.3. The molecule has 6 rings (SSSR count). The number of hydrogen-bond acceptors (Lipinski definition) is 7. The molecule has 2 aromatic rings. The molecule has 41 heavy (non-hydrogen) atoms. The number of nitrogens with zero attached hydrogens (tertiary/aromatic N) is 4. The van der Waals surface area contributed by atoms with Gasteiger partial charge in [-0.15, -0.1) is 0 Å². The molecule has 4 aliphatic rings. The van der Waals surface area contributed by atoms with Gasteiger partial charge >= 0.3 is 6.09 Å². The van der Waals surface area contributed by atoms with Crippen molar-refractivity contribution in [2.45, 2.75) is 88.3 Å². The second-order valence-corrected chi connectivity index (χ2v) is 13.2. The highest BCUT2D eigenvalue weighted by molar-refractivity contribution is 6.31. The Hall–Kier alpha value is -2.43. The first kappa shape index (κ1) is 28.7. The minimum Gasteiger partial charge on any atom is -0.468 e. The molecule has 3 atom stereocenters. The molecule has 2 aliphatic carbocycles. The topological polar surface area (TPSA) is 77.0 Å². The molecule has 1 spiro atoms. The second kappa shape index (κ2) is 10.1. The van der Waals surface area contributed by atoms with E-state index in [1.54, 1.807) is 12.1 Å². The van der Waals surface area contributed by atoms with Crippen molar-refractivity contribution in [3.8, 4) is 5.75 Å². The lowest BCUT2D eigenvalue weighted by Crippen LogP contribution is -2.57. The number of carbonyl (C=O) groups is 1. The van der Waals surface area contributed by atoms with Crippen molar-refractivity contribution in [3.05, 3.63) is 44.8 Å². The van der Waals surface area contributed by atoms with E-state index in [-0.39, 0.29) is 48.8 Å². The fourth-order valence-electron chi connectivity index (χ4n) is 7.17. The van der Waals surface area contributed by atoms with Gasteiger partial charge in [0.1, 0.15) is 22.9 Å². The highest BCUT2D eigenvalue weighted by atomic mass is 35.5. The molecule has 12 heteroatoms. The largest absolute Gasteiger partial charge is 0.468 e. The van der Waals surface area contributed by atoms with Gasteiger partial charge < -0.3 is 19.1 Å². The normalized spacial score (nSPS) is 26.2. The van der Waals surface area contributed by atoms with Crippen LogP contribution in [0.15, 0.2) is 12.1 Å². The number of rotatable bonds is 4. The van der Waals surface area contributed by atoms with Gasteiger partial charge in [0.15, 0.2) is 6.79 Å². The highest BCUT2D eigenvalue weighted by Crippen LogP contribution is 2.61. The molecule has 1 aromatic heterocycles. The smallest absolute Gasteiger partial charge is 0.410 e. The average molecular weight is 612 g/mol. The summed E-state index contributed by atoms with van der Waals surface area (Å²) in [5.74, 6) is -2.50. The SMILES string of the molecule is COCOc1cc(Cl)c2c(c1)C1(CC2)CCc2c(N3CC4CCC(C3)N4C(=O)OC(C)(C)C)nc(Cl)nc2C1(F)F. The zero-order valence-electron chi connectivity index (χ0n) is 23.6. The number of methoxy groups -OCH3 is 1. The van der Waals surface area contributed by atoms with Crippen LogP contribution in [0.2, 0.25) is 10.3 Å². The summed E-state index contributed by atoms with van der Waals surface area (Å²) in [6.07, 6.45) is 2.51. The summed E-state index contributed by atoms with van der Waals surface area (Å²) in [5.41, 5.74) is -0.792. The molecule has 8 nitrogen and oxygen atoms in total. The van der Waals surface area contributed by atoms with Crippen molar-refractivity contribution in [2.75, 3.05) is 31.9 Å². The third kappa shape index (κ3) is 4.70. The molecule has 0 radical (unpaired) electrons. The van der Waals surface area contributed by atoms with Crippen molar-refractivity contribution in [2.24, 2.45) is 0 Å². The predicted octanol–water partition coefficient (Wildman–Crippen LogP) is 6.28. The second-order valence-electron chi connectivity index (χ2n) is 12.5. The molecule has 3 heterocycles. The lowest BCUT2D eigenvalue weighted by molar-refractivity contribution is -0.102. The number of halogens is 4. The van der Waals surface area contributed by atoms with E-state index in [2.05, 4.69) is 9.97 Å². The van der Waals surface area contributed by atoms with E-state index in [0.717, 1.165) is 18.4 Å². The number of fused-ring (bicyclic) bond motifs is 5. The van der Waals surface area contributed by atoms with Crippen molar-refractivity contribution in [1.82, 2.24) is 14.9 Å². The molecule has 1 aromatic carbocycles. The van der Waals surface area contributed by atoms with Crippen molar-refractivity contribution in [3.63, 3.8) is 0 Å². The summed E-state index contributed by atoms with van der Waals surface area (Å²) >= 11 is 12.9. The minimum atomic E-state index is -3.33. The minimum absolute atomic E-state index is 0.0171. The van der Waals surface area contributed by atoms with Crippen LogP contribution in [0.5, 0.6) is 5.75 Å². The molecule has 0 N–H and O–H groups in total. The van der Waals surface area contributed by atoms with E-state index in [1.165, 1.54) is 7.11 Å². The summed E-state index contributed by atoms with van der Waals surface area (Å²) in [6, 6.07) is 3.12. The van der Waals surface area contributed by atoms with Crippen LogP contribution >= 0.6 is 23.2 Å². The number of ether oxygens (including phenoxy) is 3. The van der Waals surface area contributed by atoms with Crippen molar-refractivity contribution < 1.29 is 27.8 Å². The summed E-state index contributed by atoms with van der Waals surface area (Å²) in [7, 11) is 1.49. The zero-order valence-corrected chi connectivity index (χ0v) is 25.1. The van der Waals surface area contributed by atoms with Gasteiger partial charge in [0.25, 0.3) is 5.92 Å². The van der Waals surface area contributed by atoms with Crippen LogP contribution in [0.1, 0.15) is 68.8 Å². The molecule has 2 saturated heterocycles. The Balaban J connectivity index is 1.34. The van der Waals surface area contributed by atoms with Gasteiger partial charge in [0.2, 0.25) is 5.28 Å². The van der Waals surface area contributed by atoms with E-state index in [0.29, 0.717) is 53.6 Å². The number of piperazine rings is 1. The first-order chi connectivity index (χ1) is 19.3. The standard InChI is InChI=1S/C29H34Cl2F2N4O4/c1-27(2,3)41-26(38)37-16-5-6-17(37)14-36(13-16)24-20-8-10-28(29(32,33)23(20)34-25(31)35-24)9-7-19-21(28)11-18(12-22(19)30)40-15-39-4/h11-12,16-17H,5-10,13-15H2,1-4H3. The van der Waals surface area contributed by atoms with Gasteiger partial charge in [-0.1, -0.05) is 11.6 Å². The number of anilines is 1. The van der Waals surface area contributed by atoms with Crippen LogP contribution < -0.4 is 9.64 Å². The quantitative estimate of drug-likeness (QED) is 0.298.